The first-order chi connectivity index (χ1) is 7.61. The molecule has 96 valence electrons. The lowest BCUT2D eigenvalue weighted by atomic mass is 10.0. The van der Waals surface area contributed by atoms with E-state index >= 15 is 0 Å². The Bertz CT molecular complexity index is 290. The lowest BCUT2D eigenvalue weighted by Crippen LogP contribution is -2.45. The van der Waals surface area contributed by atoms with Gasteiger partial charge >= 0.3 is 0 Å². The summed E-state index contributed by atoms with van der Waals surface area (Å²) in [6.45, 7) is 1.04. The highest BCUT2D eigenvalue weighted by molar-refractivity contribution is 7.89. The first-order valence-electron chi connectivity index (χ1n) is 5.92. The lowest BCUT2D eigenvalue weighted by Gasteiger charge is -2.34. The molecule has 0 amide bonds. The Balaban J connectivity index is 2.66. The molecule has 0 aromatic rings. The summed E-state index contributed by atoms with van der Waals surface area (Å²) in [6, 6.07) is -0.0125. The van der Waals surface area contributed by atoms with E-state index in [0.29, 0.717) is 25.9 Å². The number of nitrogens with two attached hydrogens (primary N) is 1. The summed E-state index contributed by atoms with van der Waals surface area (Å²) in [5.41, 5.74) is 5.34. The SMILES string of the molecule is NCCCS(=O)(=O)N1CCCCC1CCO. The minimum atomic E-state index is -3.17. The fraction of sp³-hybridized carbons (Fsp3) is 1.00. The molecule has 1 aliphatic heterocycles. The van der Waals surface area contributed by atoms with Gasteiger partial charge in [0.2, 0.25) is 10.0 Å². The van der Waals surface area contributed by atoms with E-state index < -0.39 is 10.0 Å². The number of rotatable bonds is 6. The van der Waals surface area contributed by atoms with E-state index in [-0.39, 0.29) is 18.4 Å². The third-order valence-corrected chi connectivity index (χ3v) is 5.00. The summed E-state index contributed by atoms with van der Waals surface area (Å²) >= 11 is 0. The minimum Gasteiger partial charge on any atom is -0.396 e. The third kappa shape index (κ3) is 3.69. The summed E-state index contributed by atoms with van der Waals surface area (Å²) in [6.07, 6.45) is 3.88. The van der Waals surface area contributed by atoms with E-state index in [1.807, 2.05) is 0 Å². The Labute approximate surface area is 97.7 Å². The van der Waals surface area contributed by atoms with Crippen LogP contribution in [0.2, 0.25) is 0 Å². The van der Waals surface area contributed by atoms with Crippen LogP contribution in [-0.4, -0.2) is 49.3 Å². The van der Waals surface area contributed by atoms with Gasteiger partial charge in [-0.05, 0) is 32.2 Å². The number of hydrogen-bond acceptors (Lipinski definition) is 4. The Morgan fingerprint density at radius 2 is 2.12 bits per heavy atom. The molecule has 1 saturated heterocycles. The summed E-state index contributed by atoms with van der Waals surface area (Å²) in [5, 5.41) is 8.94. The van der Waals surface area contributed by atoms with E-state index in [1.54, 1.807) is 4.31 Å². The monoisotopic (exact) mass is 250 g/mol. The van der Waals surface area contributed by atoms with Crippen molar-refractivity contribution in [1.29, 1.82) is 0 Å². The minimum absolute atomic E-state index is 0.0125. The van der Waals surface area contributed by atoms with Crippen molar-refractivity contribution >= 4 is 10.0 Å². The fourth-order valence-corrected chi connectivity index (χ4v) is 4.00. The molecule has 5 nitrogen and oxygen atoms in total. The largest absolute Gasteiger partial charge is 0.396 e. The lowest BCUT2D eigenvalue weighted by molar-refractivity contribution is 0.192. The molecule has 0 bridgehead atoms. The van der Waals surface area contributed by atoms with E-state index in [0.717, 1.165) is 19.3 Å². The Morgan fingerprint density at radius 1 is 1.38 bits per heavy atom. The van der Waals surface area contributed by atoms with Crippen LogP contribution in [0.3, 0.4) is 0 Å². The van der Waals surface area contributed by atoms with Crippen molar-refractivity contribution in [2.45, 2.75) is 38.1 Å². The van der Waals surface area contributed by atoms with Gasteiger partial charge < -0.3 is 10.8 Å². The van der Waals surface area contributed by atoms with Crippen LogP contribution >= 0.6 is 0 Å². The summed E-state index contributed by atoms with van der Waals surface area (Å²) in [5.74, 6) is 0.130. The van der Waals surface area contributed by atoms with Gasteiger partial charge in [0.05, 0.1) is 5.75 Å². The van der Waals surface area contributed by atoms with Crippen LogP contribution in [0.4, 0.5) is 0 Å². The topological polar surface area (TPSA) is 83.6 Å². The van der Waals surface area contributed by atoms with Crippen LogP contribution in [0, 0.1) is 0 Å². The zero-order valence-electron chi connectivity index (χ0n) is 9.64. The molecule has 1 unspecified atom stereocenters. The van der Waals surface area contributed by atoms with E-state index in [2.05, 4.69) is 0 Å². The van der Waals surface area contributed by atoms with Crippen LogP contribution in [0.25, 0.3) is 0 Å². The van der Waals surface area contributed by atoms with E-state index in [9.17, 15) is 8.42 Å². The highest BCUT2D eigenvalue weighted by Gasteiger charge is 2.31. The molecule has 0 saturated carbocycles. The molecule has 1 atom stereocenters. The number of aliphatic hydroxyl groups excluding tert-OH is 1. The van der Waals surface area contributed by atoms with Gasteiger partial charge in [-0.2, -0.15) is 4.31 Å². The quantitative estimate of drug-likeness (QED) is 0.689. The number of hydrogen-bond donors (Lipinski definition) is 2. The molecule has 3 N–H and O–H groups in total. The first-order valence-corrected chi connectivity index (χ1v) is 7.53. The van der Waals surface area contributed by atoms with Gasteiger partial charge in [0, 0.05) is 19.2 Å². The van der Waals surface area contributed by atoms with Gasteiger partial charge in [0.15, 0.2) is 0 Å². The first kappa shape index (κ1) is 13.9. The van der Waals surface area contributed by atoms with Crippen molar-refractivity contribution in [3.8, 4) is 0 Å². The number of aliphatic hydroxyl groups is 1. The van der Waals surface area contributed by atoms with Crippen LogP contribution in [0.5, 0.6) is 0 Å². The van der Waals surface area contributed by atoms with Crippen LogP contribution in [0.1, 0.15) is 32.1 Å². The second kappa shape index (κ2) is 6.54. The molecule has 0 radical (unpaired) electrons. The van der Waals surface area contributed by atoms with Crippen LogP contribution in [-0.2, 0) is 10.0 Å². The molecule has 0 aromatic carbocycles. The van der Waals surface area contributed by atoms with Gasteiger partial charge in [-0.3, -0.25) is 0 Å². The average Bonchev–Trinajstić information content (AvgIpc) is 2.27. The summed E-state index contributed by atoms with van der Waals surface area (Å²) in [7, 11) is -3.17. The molecule has 1 aliphatic rings. The third-order valence-electron chi connectivity index (χ3n) is 3.00. The molecular weight excluding hydrogens is 228 g/mol. The number of nitrogens with zero attached hydrogens (tertiary/aromatic N) is 1. The smallest absolute Gasteiger partial charge is 0.214 e. The zero-order chi connectivity index (χ0) is 12.0. The molecule has 1 heterocycles. The number of piperidine rings is 1. The van der Waals surface area contributed by atoms with Gasteiger partial charge in [-0.1, -0.05) is 6.42 Å². The highest BCUT2D eigenvalue weighted by atomic mass is 32.2. The Morgan fingerprint density at radius 3 is 2.75 bits per heavy atom. The maximum Gasteiger partial charge on any atom is 0.214 e. The Kier molecular flexibility index (Phi) is 5.68. The molecule has 0 aliphatic carbocycles. The predicted molar refractivity (Wildman–Crippen MR) is 63.5 cm³/mol. The van der Waals surface area contributed by atoms with Gasteiger partial charge in [-0.25, -0.2) is 8.42 Å². The van der Waals surface area contributed by atoms with Crippen molar-refractivity contribution in [1.82, 2.24) is 4.31 Å². The molecule has 0 aromatic heterocycles. The molecule has 1 fully saturated rings. The summed E-state index contributed by atoms with van der Waals surface area (Å²) < 4.78 is 25.6. The van der Waals surface area contributed by atoms with Gasteiger partial charge in [0.1, 0.15) is 0 Å². The van der Waals surface area contributed by atoms with Crippen LogP contribution < -0.4 is 5.73 Å². The highest BCUT2D eigenvalue weighted by Crippen LogP contribution is 2.23. The molecule has 0 spiro atoms. The second-order valence-corrected chi connectivity index (χ2v) is 6.27. The molecule has 16 heavy (non-hydrogen) atoms. The molecular formula is C10H22N2O3S. The average molecular weight is 250 g/mol. The summed E-state index contributed by atoms with van der Waals surface area (Å²) in [4.78, 5) is 0. The van der Waals surface area contributed by atoms with Crippen LogP contribution in [0.15, 0.2) is 0 Å². The van der Waals surface area contributed by atoms with Crippen molar-refractivity contribution in [2.24, 2.45) is 5.73 Å². The molecule has 1 rings (SSSR count). The van der Waals surface area contributed by atoms with E-state index in [4.69, 9.17) is 10.8 Å². The van der Waals surface area contributed by atoms with Crippen molar-refractivity contribution in [3.05, 3.63) is 0 Å². The van der Waals surface area contributed by atoms with Crippen molar-refractivity contribution in [2.75, 3.05) is 25.4 Å². The van der Waals surface area contributed by atoms with Crippen molar-refractivity contribution in [3.63, 3.8) is 0 Å². The van der Waals surface area contributed by atoms with Gasteiger partial charge in [-0.15, -0.1) is 0 Å². The zero-order valence-corrected chi connectivity index (χ0v) is 10.5. The molecule has 6 heteroatoms. The maximum absolute atomic E-state index is 12.0. The maximum atomic E-state index is 12.0. The van der Waals surface area contributed by atoms with Gasteiger partial charge in [0.25, 0.3) is 0 Å². The second-order valence-electron chi connectivity index (χ2n) is 4.23. The fourth-order valence-electron chi connectivity index (χ4n) is 2.16. The standard InChI is InChI=1S/C10H22N2O3S/c11-6-3-9-16(14,15)12-7-2-1-4-10(12)5-8-13/h10,13H,1-9,11H2. The Hall–Kier alpha value is -0.170. The predicted octanol–water partition coefficient (Wildman–Crippen LogP) is -0.0981. The number of sulfonamides is 1. The van der Waals surface area contributed by atoms with Crippen molar-refractivity contribution < 1.29 is 13.5 Å². The normalized spacial score (nSPS) is 23.5. The van der Waals surface area contributed by atoms with E-state index in [1.165, 1.54) is 0 Å².